The summed E-state index contributed by atoms with van der Waals surface area (Å²) in [6.07, 6.45) is 0. The molecule has 0 unspecified atom stereocenters. The highest BCUT2D eigenvalue weighted by molar-refractivity contribution is 5.73. The smallest absolute Gasteiger partial charge is 0.0149 e. The predicted molar refractivity (Wildman–Crippen MR) is 310 cm³/mol. The fourth-order valence-electron chi connectivity index (χ4n) is 8.10. The number of hydrogen-bond donors (Lipinski definition) is 0. The highest BCUT2D eigenvalue weighted by Gasteiger charge is 2.08. The highest BCUT2D eigenvalue weighted by atomic mass is 14.1. The van der Waals surface area contributed by atoms with Crippen molar-refractivity contribution in [2.45, 2.75) is 146 Å². The molecule has 0 spiro atoms. The van der Waals surface area contributed by atoms with Crippen molar-refractivity contribution in [2.24, 2.45) is 0 Å². The van der Waals surface area contributed by atoms with Crippen molar-refractivity contribution in [3.8, 4) is 33.4 Å². The van der Waals surface area contributed by atoms with Crippen LogP contribution in [0.3, 0.4) is 0 Å². The summed E-state index contributed by atoms with van der Waals surface area (Å²) >= 11 is 0. The third kappa shape index (κ3) is 15.4. The molecule has 0 heterocycles. The highest BCUT2D eigenvalue weighted by Crippen LogP contribution is 2.30. The van der Waals surface area contributed by atoms with Gasteiger partial charge >= 0.3 is 0 Å². The van der Waals surface area contributed by atoms with Crippen molar-refractivity contribution in [1.29, 1.82) is 0 Å². The van der Waals surface area contributed by atoms with E-state index in [0.717, 1.165) is 0 Å². The van der Waals surface area contributed by atoms with Gasteiger partial charge in [0, 0.05) is 0 Å². The average molecular weight is 915 g/mol. The number of benzene rings is 8. The Morgan fingerprint density at radius 1 is 0.174 bits per heavy atom. The summed E-state index contributed by atoms with van der Waals surface area (Å²) in [5, 5.41) is 0. The van der Waals surface area contributed by atoms with Crippen molar-refractivity contribution in [1.82, 2.24) is 0 Å². The summed E-state index contributed by atoms with van der Waals surface area (Å²) in [5.74, 6) is 0. The van der Waals surface area contributed by atoms with Crippen LogP contribution in [0.5, 0.6) is 0 Å². The molecule has 362 valence electrons. The lowest BCUT2D eigenvalue weighted by atomic mass is 9.92. The van der Waals surface area contributed by atoms with Crippen LogP contribution in [0, 0.1) is 138 Å². The molecule has 0 fully saturated rings. The maximum Gasteiger partial charge on any atom is -0.0149 e. The minimum Gasteiger partial charge on any atom is -0.0776 e. The Bertz CT molecular complexity index is 2810. The van der Waals surface area contributed by atoms with Crippen molar-refractivity contribution in [3.05, 3.63) is 245 Å². The molecule has 0 atom stereocenters. The van der Waals surface area contributed by atoms with E-state index in [2.05, 4.69) is 272 Å². The summed E-state index contributed by atoms with van der Waals surface area (Å²) in [7, 11) is 0. The Hall–Kier alpha value is -6.24. The van der Waals surface area contributed by atoms with Gasteiger partial charge in [0.25, 0.3) is 0 Å². The summed E-state index contributed by atoms with van der Waals surface area (Å²) in [6.45, 7) is 43.4. The lowest BCUT2D eigenvalue weighted by Gasteiger charge is -2.12. The van der Waals surface area contributed by atoms with E-state index < -0.39 is 0 Å². The van der Waals surface area contributed by atoms with Gasteiger partial charge in [-0.25, -0.2) is 0 Å². The molecule has 0 heteroatoms. The molecule has 0 saturated carbocycles. The second-order valence-corrected chi connectivity index (χ2v) is 19.6. The lowest BCUT2D eigenvalue weighted by molar-refractivity contribution is 1.22. The van der Waals surface area contributed by atoms with E-state index in [1.54, 1.807) is 0 Å². The molecule has 0 bridgehead atoms. The topological polar surface area (TPSA) is 0 Å². The number of aryl methyl sites for hydroxylation is 15. The molecule has 8 aromatic rings. The maximum atomic E-state index is 2.27. The van der Waals surface area contributed by atoms with Gasteiger partial charge in [0.15, 0.2) is 0 Å². The van der Waals surface area contributed by atoms with Crippen molar-refractivity contribution in [3.63, 3.8) is 0 Å². The zero-order valence-corrected chi connectivity index (χ0v) is 45.7. The first-order valence-corrected chi connectivity index (χ1v) is 24.5. The van der Waals surface area contributed by atoms with Gasteiger partial charge in [0.05, 0.1) is 0 Å². The monoisotopic (exact) mass is 915 g/mol. The second-order valence-electron chi connectivity index (χ2n) is 19.6. The van der Waals surface area contributed by atoms with E-state index in [-0.39, 0.29) is 7.43 Å². The fraction of sp³-hybridized carbons (Fsp3) is 0.304. The van der Waals surface area contributed by atoms with Crippen LogP contribution in [0.2, 0.25) is 0 Å². The van der Waals surface area contributed by atoms with Gasteiger partial charge in [-0.15, -0.1) is 0 Å². The molecule has 0 saturated heterocycles. The van der Waals surface area contributed by atoms with Gasteiger partial charge in [0.1, 0.15) is 0 Å². The van der Waals surface area contributed by atoms with Crippen molar-refractivity contribution < 1.29 is 0 Å². The number of rotatable bonds is 3. The summed E-state index contributed by atoms with van der Waals surface area (Å²) in [4.78, 5) is 0. The largest absolute Gasteiger partial charge is 0.0776 e. The van der Waals surface area contributed by atoms with Gasteiger partial charge < -0.3 is 0 Å². The van der Waals surface area contributed by atoms with Crippen LogP contribution in [0.4, 0.5) is 0 Å². The van der Waals surface area contributed by atoms with E-state index >= 15 is 0 Å². The van der Waals surface area contributed by atoms with Gasteiger partial charge in [-0.05, 0) is 283 Å². The zero-order valence-electron chi connectivity index (χ0n) is 45.7. The Labute approximate surface area is 422 Å². The first-order valence-electron chi connectivity index (χ1n) is 24.5. The molecule has 0 amide bonds. The van der Waals surface area contributed by atoms with Crippen molar-refractivity contribution >= 4 is 0 Å². The minimum atomic E-state index is 0. The standard InChI is InChI=1S/3C16H18.2C10H14.CH4/c1-11-5-7-15(9-13(11)3)16-8-6-12(2)14(4)10-16;1-11-7-5-9-15(13(11)3)16-10-6-8-12(2)14(16)4;1-11-8-9-15(10-13(11)3)16-7-5-6-12(2)14(16)4;1-7-5-9(3)10(4)6-8(7)2;1-7-5-6-8(2)10(4)9(7)3;/h3*5-10H,1-4H3;2*5-6H,1-4H3;1H4. The third-order valence-electron chi connectivity index (χ3n) is 14.7. The molecule has 8 aromatic carbocycles. The van der Waals surface area contributed by atoms with Gasteiger partial charge in [0.2, 0.25) is 0 Å². The SMILES string of the molecule is C.Cc1cc(C)c(C)cc1C.Cc1ccc(-c2ccc(C)c(C)c2)cc1C.Cc1ccc(-c2cccc(C)c2C)cc1C.Cc1ccc(C)c(C)c1C.Cc1cccc(-c2cccc(C)c2C)c1C. The fourth-order valence-corrected chi connectivity index (χ4v) is 8.10. The Balaban J connectivity index is 0.000000231. The number of hydrogen-bond acceptors (Lipinski definition) is 0. The maximum absolute atomic E-state index is 2.27. The summed E-state index contributed by atoms with van der Waals surface area (Å²) < 4.78 is 0. The molecule has 0 aliphatic rings. The molecule has 0 N–H and O–H groups in total. The Kier molecular flexibility index (Phi) is 21.5. The molecular weight excluding hydrogens is 829 g/mol. The lowest BCUT2D eigenvalue weighted by Crippen LogP contribution is -1.91. The summed E-state index contributed by atoms with van der Waals surface area (Å²) in [5.41, 5.74) is 35.6. The second kappa shape index (κ2) is 25.9. The molecule has 0 nitrogen and oxygen atoms in total. The van der Waals surface area contributed by atoms with Crippen LogP contribution in [0.25, 0.3) is 33.4 Å². The van der Waals surface area contributed by atoms with E-state index in [4.69, 9.17) is 0 Å². The first-order chi connectivity index (χ1) is 32.0. The molecule has 0 aromatic heterocycles. The first kappa shape index (κ1) is 57.1. The molecular formula is C69H86. The van der Waals surface area contributed by atoms with Crippen LogP contribution in [-0.4, -0.2) is 0 Å². The Morgan fingerprint density at radius 3 is 0.725 bits per heavy atom. The van der Waals surface area contributed by atoms with Crippen LogP contribution >= 0.6 is 0 Å². The molecule has 0 aliphatic carbocycles. The van der Waals surface area contributed by atoms with Gasteiger partial charge in [-0.1, -0.05) is 141 Å². The van der Waals surface area contributed by atoms with Gasteiger partial charge in [-0.3, -0.25) is 0 Å². The van der Waals surface area contributed by atoms with E-state index in [0.29, 0.717) is 0 Å². The molecule has 0 aliphatic heterocycles. The normalized spacial score (nSPS) is 10.2. The zero-order chi connectivity index (χ0) is 50.6. The van der Waals surface area contributed by atoms with Crippen LogP contribution < -0.4 is 0 Å². The molecule has 8 rings (SSSR count). The average Bonchev–Trinajstić information content (AvgIpc) is 3.30. The third-order valence-corrected chi connectivity index (χ3v) is 14.7. The summed E-state index contributed by atoms with van der Waals surface area (Å²) in [6, 6.07) is 48.4. The van der Waals surface area contributed by atoms with Crippen molar-refractivity contribution in [2.75, 3.05) is 0 Å². The molecule has 0 radical (unpaired) electrons. The van der Waals surface area contributed by atoms with Crippen LogP contribution in [-0.2, 0) is 0 Å². The van der Waals surface area contributed by atoms with E-state index in [1.165, 1.54) is 145 Å². The van der Waals surface area contributed by atoms with E-state index in [9.17, 15) is 0 Å². The van der Waals surface area contributed by atoms with Gasteiger partial charge in [-0.2, -0.15) is 0 Å². The van der Waals surface area contributed by atoms with E-state index in [1.807, 2.05) is 0 Å². The van der Waals surface area contributed by atoms with Crippen LogP contribution in [0.15, 0.2) is 133 Å². The van der Waals surface area contributed by atoms with Crippen LogP contribution in [0.1, 0.15) is 119 Å². The Morgan fingerprint density at radius 2 is 0.406 bits per heavy atom. The minimum absolute atomic E-state index is 0. The molecule has 69 heavy (non-hydrogen) atoms. The predicted octanol–water partition coefficient (Wildman–Crippen LogP) is 20.2. The quantitative estimate of drug-likeness (QED) is 0.166.